The maximum Gasteiger partial charge on any atom is 0.353 e. The summed E-state index contributed by atoms with van der Waals surface area (Å²) in [5.41, 5.74) is 5.26. The van der Waals surface area contributed by atoms with Crippen LogP contribution in [0.5, 0.6) is 0 Å². The van der Waals surface area contributed by atoms with E-state index in [-0.39, 0.29) is 0 Å². The second kappa shape index (κ2) is 6.31. The van der Waals surface area contributed by atoms with Crippen LogP contribution >= 0.6 is 0 Å². The molecule has 0 saturated heterocycles. The SMILES string of the molecule is CS(=O)CCC/C(N)=C/C(=N)C(=O)O. The van der Waals surface area contributed by atoms with Crippen molar-refractivity contribution in [1.29, 1.82) is 5.41 Å². The number of nitrogens with one attached hydrogen (secondary N) is 1. The van der Waals surface area contributed by atoms with Gasteiger partial charge in [-0.25, -0.2) is 4.79 Å². The molecule has 0 aliphatic carbocycles. The Morgan fingerprint density at radius 1 is 1.64 bits per heavy atom. The molecule has 0 spiro atoms. The molecule has 0 rings (SSSR count). The van der Waals surface area contributed by atoms with Gasteiger partial charge >= 0.3 is 5.97 Å². The molecule has 0 aromatic heterocycles. The average Bonchev–Trinajstić information content (AvgIpc) is 2.02. The Kier molecular flexibility index (Phi) is 5.78. The van der Waals surface area contributed by atoms with E-state index in [4.69, 9.17) is 16.2 Å². The van der Waals surface area contributed by atoms with E-state index in [0.717, 1.165) is 6.08 Å². The number of allylic oxidation sites excluding steroid dienone is 1. The number of carbonyl (C=O) groups is 1. The van der Waals surface area contributed by atoms with Crippen molar-refractivity contribution in [1.82, 2.24) is 0 Å². The Hall–Kier alpha value is -1.17. The summed E-state index contributed by atoms with van der Waals surface area (Å²) in [7, 11) is -0.856. The molecule has 0 aliphatic heterocycles. The first kappa shape index (κ1) is 12.8. The van der Waals surface area contributed by atoms with Crippen molar-refractivity contribution in [2.75, 3.05) is 12.0 Å². The highest BCUT2D eigenvalue weighted by atomic mass is 32.2. The smallest absolute Gasteiger partial charge is 0.353 e. The first-order valence-electron chi connectivity index (χ1n) is 4.01. The molecular formula is C8H14N2O3S. The lowest BCUT2D eigenvalue weighted by molar-refractivity contribution is -0.129. The fraction of sp³-hybridized carbons (Fsp3) is 0.500. The lowest BCUT2D eigenvalue weighted by Crippen LogP contribution is -2.11. The molecule has 14 heavy (non-hydrogen) atoms. The monoisotopic (exact) mass is 218 g/mol. The third-order valence-electron chi connectivity index (χ3n) is 1.46. The van der Waals surface area contributed by atoms with Crippen LogP contribution in [0, 0.1) is 5.41 Å². The Morgan fingerprint density at radius 3 is 2.64 bits per heavy atom. The normalized spacial score (nSPS) is 13.6. The predicted octanol–water partition coefficient (Wildman–Crippen LogP) is 0.0921. The minimum Gasteiger partial charge on any atom is -0.477 e. The van der Waals surface area contributed by atoms with Gasteiger partial charge in [-0.3, -0.25) is 9.62 Å². The van der Waals surface area contributed by atoms with Crippen molar-refractivity contribution in [2.24, 2.45) is 5.73 Å². The number of aliphatic carboxylic acids is 1. The minimum absolute atomic E-state index is 0.336. The molecule has 0 bridgehead atoms. The zero-order valence-corrected chi connectivity index (χ0v) is 8.76. The Balaban J connectivity index is 3.95. The topological polar surface area (TPSA) is 104 Å². The van der Waals surface area contributed by atoms with Crippen LogP contribution in [0.25, 0.3) is 0 Å². The Labute approximate surface area is 85.0 Å². The van der Waals surface area contributed by atoms with Gasteiger partial charge < -0.3 is 10.8 Å². The molecule has 6 heteroatoms. The molecule has 4 N–H and O–H groups in total. The average molecular weight is 218 g/mol. The summed E-state index contributed by atoms with van der Waals surface area (Å²) in [5, 5.41) is 15.3. The predicted molar refractivity (Wildman–Crippen MR) is 55.8 cm³/mol. The quantitative estimate of drug-likeness (QED) is 0.549. The number of hydrogen-bond donors (Lipinski definition) is 3. The van der Waals surface area contributed by atoms with Crippen molar-refractivity contribution in [3.05, 3.63) is 11.8 Å². The van der Waals surface area contributed by atoms with Crippen LogP contribution in [0.2, 0.25) is 0 Å². The molecule has 80 valence electrons. The van der Waals surface area contributed by atoms with Crippen molar-refractivity contribution in [3.8, 4) is 0 Å². The number of carboxylic acid groups (broad SMARTS) is 1. The molecule has 5 nitrogen and oxygen atoms in total. The van der Waals surface area contributed by atoms with Crippen LogP contribution in [0.15, 0.2) is 11.8 Å². The van der Waals surface area contributed by atoms with Gasteiger partial charge in [-0.05, 0) is 18.9 Å². The van der Waals surface area contributed by atoms with Crippen LogP contribution in [0.4, 0.5) is 0 Å². The van der Waals surface area contributed by atoms with E-state index in [1.54, 1.807) is 6.26 Å². The van der Waals surface area contributed by atoms with Gasteiger partial charge in [0.2, 0.25) is 0 Å². The molecule has 0 amide bonds. The highest BCUT2D eigenvalue weighted by Gasteiger charge is 2.03. The molecule has 0 fully saturated rings. The number of nitrogens with two attached hydrogens (primary N) is 1. The molecular weight excluding hydrogens is 204 g/mol. The first-order valence-corrected chi connectivity index (χ1v) is 5.74. The van der Waals surface area contributed by atoms with Crippen LogP contribution in [-0.4, -0.2) is 33.0 Å². The van der Waals surface area contributed by atoms with Crippen molar-refractivity contribution >= 4 is 22.5 Å². The highest BCUT2D eigenvalue weighted by molar-refractivity contribution is 7.84. The number of rotatable bonds is 6. The largest absolute Gasteiger partial charge is 0.477 e. The number of hydrogen-bond acceptors (Lipinski definition) is 4. The lowest BCUT2D eigenvalue weighted by atomic mass is 10.2. The lowest BCUT2D eigenvalue weighted by Gasteiger charge is -1.99. The van der Waals surface area contributed by atoms with E-state index in [2.05, 4.69) is 0 Å². The van der Waals surface area contributed by atoms with E-state index < -0.39 is 22.5 Å². The van der Waals surface area contributed by atoms with Gasteiger partial charge in [-0.1, -0.05) is 0 Å². The van der Waals surface area contributed by atoms with Gasteiger partial charge in [0.05, 0.1) is 0 Å². The summed E-state index contributed by atoms with van der Waals surface area (Å²) < 4.78 is 10.7. The van der Waals surface area contributed by atoms with Gasteiger partial charge in [0.25, 0.3) is 0 Å². The van der Waals surface area contributed by atoms with E-state index in [9.17, 15) is 9.00 Å². The van der Waals surface area contributed by atoms with Crippen molar-refractivity contribution in [2.45, 2.75) is 12.8 Å². The molecule has 0 aromatic rings. The van der Waals surface area contributed by atoms with Crippen molar-refractivity contribution < 1.29 is 14.1 Å². The minimum atomic E-state index is -1.30. The number of carboxylic acids is 1. The zero-order chi connectivity index (χ0) is 11.1. The second-order valence-corrected chi connectivity index (χ2v) is 4.37. The van der Waals surface area contributed by atoms with E-state index >= 15 is 0 Å². The van der Waals surface area contributed by atoms with Crippen LogP contribution in [0.3, 0.4) is 0 Å². The third-order valence-corrected chi connectivity index (χ3v) is 2.32. The summed E-state index contributed by atoms with van der Waals surface area (Å²) in [6.45, 7) is 0. The molecule has 0 saturated carbocycles. The second-order valence-electron chi connectivity index (χ2n) is 2.82. The van der Waals surface area contributed by atoms with E-state index in [0.29, 0.717) is 24.3 Å². The Bertz CT molecular complexity index is 286. The van der Waals surface area contributed by atoms with E-state index in [1.807, 2.05) is 0 Å². The van der Waals surface area contributed by atoms with Gasteiger partial charge in [0, 0.05) is 28.5 Å². The maximum absolute atomic E-state index is 10.7. The summed E-state index contributed by atoms with van der Waals surface area (Å²) in [6, 6.07) is 0. The highest BCUT2D eigenvalue weighted by Crippen LogP contribution is 1.99. The van der Waals surface area contributed by atoms with Gasteiger partial charge in [-0.2, -0.15) is 0 Å². The summed E-state index contributed by atoms with van der Waals surface area (Å²) >= 11 is 0. The summed E-state index contributed by atoms with van der Waals surface area (Å²) in [5.74, 6) is -0.762. The van der Waals surface area contributed by atoms with Crippen LogP contribution < -0.4 is 5.73 Å². The molecule has 0 radical (unpaired) electrons. The molecule has 1 atom stereocenters. The zero-order valence-electron chi connectivity index (χ0n) is 7.95. The third kappa shape index (κ3) is 6.36. The summed E-state index contributed by atoms with van der Waals surface area (Å²) in [6.07, 6.45) is 3.81. The first-order chi connectivity index (χ1) is 6.43. The standard InChI is InChI=1S/C8H14N2O3S/c1-14(13)4-2-3-6(9)5-7(10)8(11)12/h5,10H,2-4,9H2,1H3,(H,11,12)/b6-5-,10-7?. The van der Waals surface area contributed by atoms with Gasteiger partial charge in [0.15, 0.2) is 0 Å². The molecule has 0 aromatic carbocycles. The van der Waals surface area contributed by atoms with E-state index in [1.165, 1.54) is 0 Å². The Morgan fingerprint density at radius 2 is 2.21 bits per heavy atom. The van der Waals surface area contributed by atoms with Gasteiger partial charge in [-0.15, -0.1) is 0 Å². The van der Waals surface area contributed by atoms with Crippen LogP contribution in [0.1, 0.15) is 12.8 Å². The van der Waals surface area contributed by atoms with Crippen LogP contribution in [-0.2, 0) is 15.6 Å². The summed E-state index contributed by atoms with van der Waals surface area (Å²) in [4.78, 5) is 10.2. The van der Waals surface area contributed by atoms with Crippen molar-refractivity contribution in [3.63, 3.8) is 0 Å². The van der Waals surface area contributed by atoms with Gasteiger partial charge in [0.1, 0.15) is 5.71 Å². The molecule has 1 unspecified atom stereocenters. The molecule has 0 heterocycles. The fourth-order valence-electron chi connectivity index (χ4n) is 0.799. The fourth-order valence-corrected chi connectivity index (χ4v) is 1.35. The molecule has 0 aliphatic rings. The maximum atomic E-state index is 10.7.